The van der Waals surface area contributed by atoms with Crippen molar-refractivity contribution in [3.63, 3.8) is 0 Å². The lowest BCUT2D eigenvalue weighted by Gasteiger charge is -2.14. The summed E-state index contributed by atoms with van der Waals surface area (Å²) < 4.78 is 5.18. The van der Waals surface area contributed by atoms with Crippen molar-refractivity contribution in [2.45, 2.75) is 19.8 Å². The number of carbonyl (C=O) groups is 1. The highest BCUT2D eigenvalue weighted by molar-refractivity contribution is 14.1. The Labute approximate surface area is 161 Å². The quantitative estimate of drug-likeness (QED) is 0.617. The standard InChI is InChI=1S/C20H20INO3/c1-13-2-3-16(20(23)24)11-17-10-15(6-9-19(17)22-12-13)14-4-7-18(25-21)8-5-14/h4-11,13,22H,2-3,12H2,1H3,(H,23,24)/b16-11+. The molecule has 0 spiro atoms. The molecule has 4 nitrogen and oxygen atoms in total. The number of fused-ring (bicyclic) bond motifs is 1. The van der Waals surface area contributed by atoms with E-state index in [9.17, 15) is 9.90 Å². The molecule has 1 aliphatic heterocycles. The number of carboxylic acid groups (broad SMARTS) is 1. The minimum absolute atomic E-state index is 0.425. The van der Waals surface area contributed by atoms with E-state index < -0.39 is 5.97 Å². The van der Waals surface area contributed by atoms with Gasteiger partial charge in [0.15, 0.2) is 23.0 Å². The molecule has 0 saturated carbocycles. The molecule has 0 aliphatic carbocycles. The van der Waals surface area contributed by atoms with Gasteiger partial charge in [-0.1, -0.05) is 25.1 Å². The van der Waals surface area contributed by atoms with Crippen molar-refractivity contribution in [2.75, 3.05) is 11.9 Å². The smallest absolute Gasteiger partial charge is 0.331 e. The zero-order valence-electron chi connectivity index (χ0n) is 14.0. The van der Waals surface area contributed by atoms with Gasteiger partial charge in [-0.3, -0.25) is 0 Å². The van der Waals surface area contributed by atoms with Crippen LogP contribution >= 0.6 is 23.0 Å². The summed E-state index contributed by atoms with van der Waals surface area (Å²) in [7, 11) is 0. The van der Waals surface area contributed by atoms with Crippen LogP contribution in [0.3, 0.4) is 0 Å². The number of hydrogen-bond acceptors (Lipinski definition) is 3. The molecule has 0 bridgehead atoms. The summed E-state index contributed by atoms with van der Waals surface area (Å²) in [5, 5.41) is 13.0. The Morgan fingerprint density at radius 3 is 2.60 bits per heavy atom. The van der Waals surface area contributed by atoms with Gasteiger partial charge >= 0.3 is 5.97 Å². The lowest BCUT2D eigenvalue weighted by Crippen LogP contribution is -2.11. The summed E-state index contributed by atoms with van der Waals surface area (Å²) in [4.78, 5) is 11.6. The topological polar surface area (TPSA) is 58.6 Å². The first-order valence-corrected chi connectivity index (χ1v) is 9.15. The number of rotatable bonds is 3. The molecule has 1 heterocycles. The molecule has 2 N–H and O–H groups in total. The predicted molar refractivity (Wildman–Crippen MR) is 109 cm³/mol. The highest BCUT2D eigenvalue weighted by Crippen LogP contribution is 2.30. The molecule has 0 fully saturated rings. The number of hydrogen-bond donors (Lipinski definition) is 2. The molecule has 3 rings (SSSR count). The van der Waals surface area contributed by atoms with E-state index in [4.69, 9.17) is 3.07 Å². The van der Waals surface area contributed by atoms with E-state index in [1.54, 1.807) is 6.08 Å². The van der Waals surface area contributed by atoms with Crippen LogP contribution in [0, 0.1) is 5.92 Å². The Bertz CT molecular complexity index is 799. The molecule has 1 atom stereocenters. The van der Waals surface area contributed by atoms with Crippen molar-refractivity contribution >= 4 is 40.7 Å². The number of anilines is 1. The highest BCUT2D eigenvalue weighted by Gasteiger charge is 2.15. The van der Waals surface area contributed by atoms with Gasteiger partial charge in [-0.05, 0) is 65.8 Å². The lowest BCUT2D eigenvalue weighted by atomic mass is 9.98. The average Bonchev–Trinajstić information content (AvgIpc) is 2.71. The second kappa shape index (κ2) is 7.91. The number of nitrogens with one attached hydrogen (secondary N) is 1. The van der Waals surface area contributed by atoms with E-state index in [1.807, 2.05) is 59.4 Å². The summed E-state index contributed by atoms with van der Waals surface area (Å²) in [5.41, 5.74) is 4.47. The summed E-state index contributed by atoms with van der Waals surface area (Å²) in [6.45, 7) is 2.98. The Kier molecular flexibility index (Phi) is 5.63. The molecule has 1 unspecified atom stereocenters. The van der Waals surface area contributed by atoms with Crippen LogP contribution in [0.2, 0.25) is 0 Å². The minimum Gasteiger partial charge on any atom is -0.478 e. The first-order chi connectivity index (χ1) is 12.1. The molecule has 0 aromatic heterocycles. The van der Waals surface area contributed by atoms with Crippen LogP contribution in [0.1, 0.15) is 25.3 Å². The molecule has 0 amide bonds. The zero-order chi connectivity index (χ0) is 17.8. The molecule has 0 radical (unpaired) electrons. The maximum Gasteiger partial charge on any atom is 0.331 e. The molecule has 2 aromatic rings. The summed E-state index contributed by atoms with van der Waals surface area (Å²) in [6, 6.07) is 14.0. The van der Waals surface area contributed by atoms with Gasteiger partial charge < -0.3 is 13.5 Å². The Morgan fingerprint density at radius 2 is 1.92 bits per heavy atom. The summed E-state index contributed by atoms with van der Waals surface area (Å²) in [6.07, 6.45) is 3.25. The van der Waals surface area contributed by atoms with Crippen molar-refractivity contribution in [1.82, 2.24) is 0 Å². The van der Waals surface area contributed by atoms with E-state index in [0.717, 1.165) is 41.1 Å². The van der Waals surface area contributed by atoms with Gasteiger partial charge in [-0.2, -0.15) is 0 Å². The molecule has 5 heteroatoms. The lowest BCUT2D eigenvalue weighted by molar-refractivity contribution is -0.132. The Hall–Kier alpha value is -2.02. The van der Waals surface area contributed by atoms with E-state index in [-0.39, 0.29) is 0 Å². The molecular formula is C20H20INO3. The maximum absolute atomic E-state index is 11.6. The minimum atomic E-state index is -0.839. The van der Waals surface area contributed by atoms with Gasteiger partial charge in [0.05, 0.1) is 0 Å². The first kappa shape index (κ1) is 17.8. The fourth-order valence-electron chi connectivity index (χ4n) is 2.94. The second-order valence-corrected chi connectivity index (χ2v) is 6.84. The third kappa shape index (κ3) is 4.34. The van der Waals surface area contributed by atoms with Crippen LogP contribution in [-0.4, -0.2) is 17.6 Å². The van der Waals surface area contributed by atoms with Crippen LogP contribution < -0.4 is 8.38 Å². The summed E-state index contributed by atoms with van der Waals surface area (Å²) in [5.74, 6) is 0.388. The fourth-order valence-corrected chi connectivity index (χ4v) is 3.23. The normalized spacial score (nSPS) is 19.3. The fraction of sp³-hybridized carbons (Fsp3) is 0.250. The van der Waals surface area contributed by atoms with Crippen LogP contribution in [0.4, 0.5) is 5.69 Å². The van der Waals surface area contributed by atoms with Crippen LogP contribution in [0.5, 0.6) is 5.75 Å². The highest BCUT2D eigenvalue weighted by atomic mass is 127. The van der Waals surface area contributed by atoms with Gasteiger partial charge in [0.25, 0.3) is 0 Å². The van der Waals surface area contributed by atoms with E-state index in [2.05, 4.69) is 18.3 Å². The average molecular weight is 449 g/mol. The Morgan fingerprint density at radius 1 is 1.20 bits per heavy atom. The second-order valence-electron chi connectivity index (χ2n) is 6.40. The molecule has 0 saturated heterocycles. The van der Waals surface area contributed by atoms with Gasteiger partial charge in [-0.25, -0.2) is 4.79 Å². The molecular weight excluding hydrogens is 429 g/mol. The van der Waals surface area contributed by atoms with Crippen molar-refractivity contribution in [1.29, 1.82) is 0 Å². The monoisotopic (exact) mass is 449 g/mol. The number of benzene rings is 2. The predicted octanol–water partition coefficient (Wildman–Crippen LogP) is 5.39. The molecule has 1 aliphatic rings. The van der Waals surface area contributed by atoms with Gasteiger partial charge in [0.1, 0.15) is 5.75 Å². The van der Waals surface area contributed by atoms with Gasteiger partial charge in [0.2, 0.25) is 0 Å². The van der Waals surface area contributed by atoms with Gasteiger partial charge in [-0.15, -0.1) is 0 Å². The van der Waals surface area contributed by atoms with Crippen molar-refractivity contribution in [3.8, 4) is 16.9 Å². The molecule has 25 heavy (non-hydrogen) atoms. The maximum atomic E-state index is 11.6. The van der Waals surface area contributed by atoms with E-state index in [0.29, 0.717) is 17.9 Å². The van der Waals surface area contributed by atoms with E-state index >= 15 is 0 Å². The number of aliphatic carboxylic acids is 1. The van der Waals surface area contributed by atoms with E-state index in [1.165, 1.54) is 0 Å². The SMILES string of the molecule is CC1CC/C(C(=O)O)=C\c2cc(-c3ccc(OI)cc3)ccc2NC1. The number of carboxylic acids is 1. The summed E-state index contributed by atoms with van der Waals surface area (Å²) >= 11 is 1.86. The van der Waals surface area contributed by atoms with Crippen LogP contribution in [-0.2, 0) is 4.79 Å². The first-order valence-electron chi connectivity index (χ1n) is 8.27. The Balaban J connectivity index is 2.02. The van der Waals surface area contributed by atoms with Gasteiger partial charge in [0, 0.05) is 17.8 Å². The van der Waals surface area contributed by atoms with Crippen molar-refractivity contribution in [2.24, 2.45) is 5.92 Å². The largest absolute Gasteiger partial charge is 0.478 e. The zero-order valence-corrected chi connectivity index (χ0v) is 16.1. The van der Waals surface area contributed by atoms with Crippen LogP contribution in [0.25, 0.3) is 17.2 Å². The molecule has 2 aromatic carbocycles. The third-order valence-electron chi connectivity index (χ3n) is 4.48. The van der Waals surface area contributed by atoms with Crippen molar-refractivity contribution < 1.29 is 13.0 Å². The van der Waals surface area contributed by atoms with Crippen molar-refractivity contribution in [3.05, 3.63) is 53.6 Å². The number of halogens is 1. The molecule has 130 valence electrons. The third-order valence-corrected chi connectivity index (χ3v) is 4.99. The van der Waals surface area contributed by atoms with Crippen LogP contribution in [0.15, 0.2) is 48.0 Å².